The van der Waals surface area contributed by atoms with Crippen LogP contribution in [0.4, 0.5) is 0 Å². The molecule has 1 aromatic rings. The summed E-state index contributed by atoms with van der Waals surface area (Å²) in [6.45, 7) is 2.90. The fraction of sp³-hybridized carbons (Fsp3) is 0.600. The quantitative estimate of drug-likeness (QED) is 0.824. The van der Waals surface area contributed by atoms with Crippen molar-refractivity contribution >= 4 is 11.8 Å². The van der Waals surface area contributed by atoms with Crippen molar-refractivity contribution in [3.05, 3.63) is 35.9 Å². The van der Waals surface area contributed by atoms with Crippen molar-refractivity contribution in [2.75, 3.05) is 26.7 Å². The summed E-state index contributed by atoms with van der Waals surface area (Å²) in [5, 5.41) is 3.01. The Labute approximate surface area is 150 Å². The number of nitrogens with zero attached hydrogens (tertiary/aromatic N) is 2. The summed E-state index contributed by atoms with van der Waals surface area (Å²) in [5.41, 5.74) is 1.27. The molecule has 1 saturated carbocycles. The Kier molecular flexibility index (Phi) is 6.08. The molecule has 0 spiro atoms. The van der Waals surface area contributed by atoms with Crippen molar-refractivity contribution in [1.82, 2.24) is 15.1 Å². The van der Waals surface area contributed by atoms with Crippen LogP contribution in [0.15, 0.2) is 30.3 Å². The molecule has 0 radical (unpaired) electrons. The van der Waals surface area contributed by atoms with E-state index in [1.165, 1.54) is 18.4 Å². The van der Waals surface area contributed by atoms with E-state index in [1.807, 2.05) is 23.1 Å². The minimum absolute atomic E-state index is 0.0296. The summed E-state index contributed by atoms with van der Waals surface area (Å²) in [6.07, 6.45) is 5.00. The third kappa shape index (κ3) is 4.82. The maximum absolute atomic E-state index is 12.4. The van der Waals surface area contributed by atoms with Gasteiger partial charge in [-0.3, -0.25) is 9.59 Å². The number of benzene rings is 1. The first-order valence-electron chi connectivity index (χ1n) is 9.43. The van der Waals surface area contributed by atoms with Gasteiger partial charge in [-0.1, -0.05) is 43.2 Å². The fourth-order valence-corrected chi connectivity index (χ4v) is 3.96. The van der Waals surface area contributed by atoms with Crippen LogP contribution in [0.25, 0.3) is 0 Å². The van der Waals surface area contributed by atoms with E-state index in [4.69, 9.17) is 0 Å². The van der Waals surface area contributed by atoms with E-state index in [0.717, 1.165) is 25.9 Å². The molecule has 0 aromatic heterocycles. The van der Waals surface area contributed by atoms with E-state index < -0.39 is 0 Å². The smallest absolute Gasteiger partial charge is 0.225 e. The minimum Gasteiger partial charge on any atom is -0.355 e. The van der Waals surface area contributed by atoms with Gasteiger partial charge in [0.2, 0.25) is 11.8 Å². The molecule has 3 rings (SSSR count). The number of likely N-dealkylation sites (tertiary alicyclic amines) is 1. The first-order valence-corrected chi connectivity index (χ1v) is 9.43. The zero-order valence-electron chi connectivity index (χ0n) is 15.1. The summed E-state index contributed by atoms with van der Waals surface area (Å²) >= 11 is 0. The lowest BCUT2D eigenvalue weighted by molar-refractivity contribution is -0.130. The van der Waals surface area contributed by atoms with Crippen molar-refractivity contribution in [3.63, 3.8) is 0 Å². The molecule has 136 valence electrons. The molecule has 1 atom stereocenters. The van der Waals surface area contributed by atoms with Crippen LogP contribution in [0, 0.1) is 5.92 Å². The Balaban J connectivity index is 1.38. The summed E-state index contributed by atoms with van der Waals surface area (Å²) in [5.74, 6) is 0.0164. The maximum Gasteiger partial charge on any atom is 0.225 e. The van der Waals surface area contributed by atoms with Gasteiger partial charge in [-0.25, -0.2) is 0 Å². The number of carbonyl (C=O) groups excluding carboxylic acids is 2. The van der Waals surface area contributed by atoms with Crippen LogP contribution in [0.2, 0.25) is 0 Å². The fourth-order valence-electron chi connectivity index (χ4n) is 3.96. The number of hydrogen-bond acceptors (Lipinski definition) is 3. The topological polar surface area (TPSA) is 52.7 Å². The first kappa shape index (κ1) is 17.9. The lowest BCUT2D eigenvalue weighted by Crippen LogP contribution is -2.39. The second-order valence-electron chi connectivity index (χ2n) is 7.40. The number of amides is 2. The molecule has 1 heterocycles. The van der Waals surface area contributed by atoms with Gasteiger partial charge < -0.3 is 15.1 Å². The standard InChI is InChI=1S/C20H29N3O2/c1-22(14-16-7-3-2-4-8-16)12-11-21-20(25)17-13-19(24)23(15-17)18-9-5-6-10-18/h2-4,7-8,17-18H,5-6,9-15H2,1H3,(H,21,25)/t17-/m0/s1. The summed E-state index contributed by atoms with van der Waals surface area (Å²) in [4.78, 5) is 28.7. The van der Waals surface area contributed by atoms with Crippen LogP contribution >= 0.6 is 0 Å². The lowest BCUT2D eigenvalue weighted by atomic mass is 10.1. The zero-order chi connectivity index (χ0) is 17.6. The van der Waals surface area contributed by atoms with Crippen molar-refractivity contribution in [1.29, 1.82) is 0 Å². The monoisotopic (exact) mass is 343 g/mol. The predicted molar refractivity (Wildman–Crippen MR) is 97.9 cm³/mol. The van der Waals surface area contributed by atoms with Gasteiger partial charge in [0.25, 0.3) is 0 Å². The zero-order valence-corrected chi connectivity index (χ0v) is 15.1. The molecule has 5 nitrogen and oxygen atoms in total. The molecule has 2 aliphatic rings. The Bertz CT molecular complexity index is 584. The molecule has 5 heteroatoms. The highest BCUT2D eigenvalue weighted by molar-refractivity contribution is 5.89. The SMILES string of the molecule is CN(CCNC(=O)[C@H]1CC(=O)N(C2CCCC2)C1)Cc1ccccc1. The van der Waals surface area contributed by atoms with Crippen molar-refractivity contribution in [3.8, 4) is 0 Å². The van der Waals surface area contributed by atoms with Crippen LogP contribution in [0.5, 0.6) is 0 Å². The van der Waals surface area contributed by atoms with Crippen LogP contribution in [0.1, 0.15) is 37.7 Å². The second-order valence-corrected chi connectivity index (χ2v) is 7.40. The van der Waals surface area contributed by atoms with Crippen LogP contribution < -0.4 is 5.32 Å². The number of likely N-dealkylation sites (N-methyl/N-ethyl adjacent to an activating group) is 1. The molecule has 25 heavy (non-hydrogen) atoms. The van der Waals surface area contributed by atoms with E-state index in [1.54, 1.807) is 0 Å². The molecule has 0 bridgehead atoms. The van der Waals surface area contributed by atoms with Crippen molar-refractivity contribution in [2.45, 2.75) is 44.7 Å². The molecular weight excluding hydrogens is 314 g/mol. The van der Waals surface area contributed by atoms with Crippen LogP contribution in [-0.2, 0) is 16.1 Å². The van der Waals surface area contributed by atoms with Crippen LogP contribution in [-0.4, -0.2) is 54.3 Å². The number of carbonyl (C=O) groups is 2. The Morgan fingerprint density at radius 2 is 1.96 bits per heavy atom. The third-order valence-corrected chi connectivity index (χ3v) is 5.38. The average Bonchev–Trinajstić information content (AvgIpc) is 3.25. The average molecular weight is 343 g/mol. The van der Waals surface area contributed by atoms with E-state index in [2.05, 4.69) is 29.4 Å². The van der Waals surface area contributed by atoms with E-state index in [9.17, 15) is 9.59 Å². The van der Waals surface area contributed by atoms with Gasteiger partial charge in [-0.05, 0) is 25.5 Å². The molecule has 1 aromatic carbocycles. The van der Waals surface area contributed by atoms with E-state index >= 15 is 0 Å². The number of nitrogens with one attached hydrogen (secondary N) is 1. The van der Waals surface area contributed by atoms with Gasteiger partial charge in [0, 0.05) is 38.6 Å². The van der Waals surface area contributed by atoms with Gasteiger partial charge in [0.15, 0.2) is 0 Å². The predicted octanol–water partition coefficient (Wildman–Crippen LogP) is 2.03. The molecule has 2 amide bonds. The van der Waals surface area contributed by atoms with Crippen molar-refractivity contribution in [2.24, 2.45) is 5.92 Å². The van der Waals surface area contributed by atoms with Gasteiger partial charge in [-0.15, -0.1) is 0 Å². The summed E-state index contributed by atoms with van der Waals surface area (Å²) in [6, 6.07) is 10.7. The molecular formula is C20H29N3O2. The van der Waals surface area contributed by atoms with Gasteiger partial charge in [0.05, 0.1) is 5.92 Å². The Morgan fingerprint density at radius 1 is 1.24 bits per heavy atom. The maximum atomic E-state index is 12.4. The largest absolute Gasteiger partial charge is 0.355 e. The molecule has 0 unspecified atom stereocenters. The number of hydrogen-bond donors (Lipinski definition) is 1. The molecule has 1 aliphatic heterocycles. The normalized spacial score (nSPS) is 21.3. The second kappa shape index (κ2) is 8.48. The highest BCUT2D eigenvalue weighted by Crippen LogP contribution is 2.29. The highest BCUT2D eigenvalue weighted by Gasteiger charge is 2.38. The van der Waals surface area contributed by atoms with Gasteiger partial charge in [0.1, 0.15) is 0 Å². The molecule has 1 N–H and O–H groups in total. The van der Waals surface area contributed by atoms with Gasteiger partial charge in [-0.2, -0.15) is 0 Å². The first-order chi connectivity index (χ1) is 12.1. The number of rotatable bonds is 7. The highest BCUT2D eigenvalue weighted by atomic mass is 16.2. The lowest BCUT2D eigenvalue weighted by Gasteiger charge is -2.24. The molecule has 1 saturated heterocycles. The van der Waals surface area contributed by atoms with Crippen molar-refractivity contribution < 1.29 is 9.59 Å². The van der Waals surface area contributed by atoms with Gasteiger partial charge >= 0.3 is 0 Å². The molecule has 1 aliphatic carbocycles. The summed E-state index contributed by atoms with van der Waals surface area (Å²) < 4.78 is 0. The third-order valence-electron chi connectivity index (χ3n) is 5.38. The summed E-state index contributed by atoms with van der Waals surface area (Å²) in [7, 11) is 2.06. The van der Waals surface area contributed by atoms with E-state index in [-0.39, 0.29) is 17.7 Å². The van der Waals surface area contributed by atoms with Crippen LogP contribution in [0.3, 0.4) is 0 Å². The van der Waals surface area contributed by atoms with E-state index in [0.29, 0.717) is 25.6 Å². The Morgan fingerprint density at radius 3 is 2.68 bits per heavy atom. The Hall–Kier alpha value is -1.88. The minimum atomic E-state index is -0.174. The molecule has 2 fully saturated rings.